The summed E-state index contributed by atoms with van der Waals surface area (Å²) in [6.07, 6.45) is 1.52. The highest BCUT2D eigenvalue weighted by Gasteiger charge is 2.11. The molecule has 0 aliphatic heterocycles. The number of aromatic nitrogens is 2. The van der Waals surface area contributed by atoms with Gasteiger partial charge in [0.2, 0.25) is 0 Å². The van der Waals surface area contributed by atoms with Crippen LogP contribution in [0.3, 0.4) is 0 Å². The summed E-state index contributed by atoms with van der Waals surface area (Å²) in [7, 11) is 0. The van der Waals surface area contributed by atoms with E-state index in [4.69, 9.17) is 0 Å². The molecule has 0 spiro atoms. The van der Waals surface area contributed by atoms with Crippen LogP contribution in [0.5, 0.6) is 0 Å². The van der Waals surface area contributed by atoms with Gasteiger partial charge in [-0.05, 0) is 30.7 Å². The first-order chi connectivity index (χ1) is 10.2. The predicted molar refractivity (Wildman–Crippen MR) is 79.3 cm³/mol. The Balaban J connectivity index is 1.60. The van der Waals surface area contributed by atoms with Crippen molar-refractivity contribution in [1.29, 1.82) is 0 Å². The van der Waals surface area contributed by atoms with Crippen LogP contribution in [0.25, 0.3) is 11.0 Å². The van der Waals surface area contributed by atoms with Gasteiger partial charge in [-0.15, -0.1) is 0 Å². The largest absolute Gasteiger partial charge is 0.385 e. The van der Waals surface area contributed by atoms with E-state index in [9.17, 15) is 8.78 Å². The highest BCUT2D eigenvalue weighted by atomic mass is 19.2. The third kappa shape index (κ3) is 3.02. The lowest BCUT2D eigenvalue weighted by atomic mass is 10.2. The van der Waals surface area contributed by atoms with E-state index >= 15 is 0 Å². The molecule has 3 nitrogen and oxygen atoms in total. The summed E-state index contributed by atoms with van der Waals surface area (Å²) in [6, 6.07) is 12.5. The van der Waals surface area contributed by atoms with Gasteiger partial charge >= 0.3 is 0 Å². The van der Waals surface area contributed by atoms with E-state index in [1.807, 2.05) is 30.3 Å². The van der Waals surface area contributed by atoms with Gasteiger partial charge in [-0.1, -0.05) is 18.2 Å². The minimum absolute atomic E-state index is 0.0704. The standard InChI is InChI=1S/C16H15F2N3/c17-12-8-9-13-16(15(12)18)21-14(20-13)7-4-10-19-11-5-2-1-3-6-11/h1-3,5-6,8-9,19H,4,7,10H2,(H,20,21). The van der Waals surface area contributed by atoms with E-state index in [1.54, 1.807) is 0 Å². The van der Waals surface area contributed by atoms with Crippen LogP contribution >= 0.6 is 0 Å². The molecule has 108 valence electrons. The number of benzene rings is 2. The van der Waals surface area contributed by atoms with Gasteiger partial charge in [0.05, 0.1) is 5.52 Å². The summed E-state index contributed by atoms with van der Waals surface area (Å²) in [4.78, 5) is 7.14. The second kappa shape index (κ2) is 5.91. The number of halogens is 2. The second-order valence-corrected chi connectivity index (χ2v) is 4.84. The van der Waals surface area contributed by atoms with Crippen LogP contribution in [-0.4, -0.2) is 16.5 Å². The molecule has 0 radical (unpaired) electrons. The molecule has 5 heteroatoms. The lowest BCUT2D eigenvalue weighted by Crippen LogP contribution is -2.03. The second-order valence-electron chi connectivity index (χ2n) is 4.84. The summed E-state index contributed by atoms with van der Waals surface area (Å²) in [5, 5.41) is 3.29. The summed E-state index contributed by atoms with van der Waals surface area (Å²) in [6.45, 7) is 0.790. The fraction of sp³-hybridized carbons (Fsp3) is 0.188. The fourth-order valence-electron chi connectivity index (χ4n) is 2.23. The maximum atomic E-state index is 13.6. The first-order valence-corrected chi connectivity index (χ1v) is 6.85. The van der Waals surface area contributed by atoms with Gasteiger partial charge < -0.3 is 10.3 Å². The summed E-state index contributed by atoms with van der Waals surface area (Å²) >= 11 is 0. The third-order valence-corrected chi connectivity index (χ3v) is 3.29. The van der Waals surface area contributed by atoms with Crippen LogP contribution in [0.15, 0.2) is 42.5 Å². The number of nitrogens with zero attached hydrogens (tertiary/aromatic N) is 1. The quantitative estimate of drug-likeness (QED) is 0.699. The number of rotatable bonds is 5. The van der Waals surface area contributed by atoms with E-state index in [0.29, 0.717) is 17.8 Å². The van der Waals surface area contributed by atoms with Gasteiger partial charge in [0, 0.05) is 18.7 Å². The maximum absolute atomic E-state index is 13.6. The molecule has 0 amide bonds. The van der Waals surface area contributed by atoms with Crippen molar-refractivity contribution in [3.05, 3.63) is 59.9 Å². The molecule has 2 N–H and O–H groups in total. The molecular weight excluding hydrogens is 272 g/mol. The first kappa shape index (κ1) is 13.5. The van der Waals surface area contributed by atoms with Crippen LogP contribution in [-0.2, 0) is 6.42 Å². The average molecular weight is 287 g/mol. The van der Waals surface area contributed by atoms with Gasteiger partial charge in [0.25, 0.3) is 0 Å². The molecule has 0 atom stereocenters. The topological polar surface area (TPSA) is 40.7 Å². The third-order valence-electron chi connectivity index (χ3n) is 3.29. The summed E-state index contributed by atoms with van der Waals surface area (Å²) < 4.78 is 26.7. The molecule has 1 heterocycles. The number of nitrogens with one attached hydrogen (secondary N) is 2. The molecule has 0 aliphatic carbocycles. The Morgan fingerprint density at radius 1 is 1.05 bits per heavy atom. The maximum Gasteiger partial charge on any atom is 0.186 e. The lowest BCUT2D eigenvalue weighted by Gasteiger charge is -2.04. The van der Waals surface area contributed by atoms with Crippen molar-refractivity contribution in [2.75, 3.05) is 11.9 Å². The van der Waals surface area contributed by atoms with E-state index in [1.165, 1.54) is 6.07 Å². The number of anilines is 1. The number of fused-ring (bicyclic) bond motifs is 1. The van der Waals surface area contributed by atoms with Gasteiger partial charge in [-0.2, -0.15) is 0 Å². The highest BCUT2D eigenvalue weighted by Crippen LogP contribution is 2.18. The molecule has 3 aromatic rings. The molecule has 0 aliphatic rings. The molecule has 21 heavy (non-hydrogen) atoms. The Labute approximate surface area is 121 Å². The molecule has 0 bridgehead atoms. The van der Waals surface area contributed by atoms with Gasteiger partial charge in [-0.25, -0.2) is 13.8 Å². The number of hydrogen-bond donors (Lipinski definition) is 2. The SMILES string of the molecule is Fc1ccc2[nH]c(CCCNc3ccccc3)nc2c1F. The number of para-hydroxylation sites is 1. The molecular formula is C16H15F2N3. The zero-order valence-electron chi connectivity index (χ0n) is 11.4. The van der Waals surface area contributed by atoms with Crippen LogP contribution in [0.1, 0.15) is 12.2 Å². The minimum Gasteiger partial charge on any atom is -0.385 e. The highest BCUT2D eigenvalue weighted by molar-refractivity contribution is 5.75. The van der Waals surface area contributed by atoms with Crippen molar-refractivity contribution < 1.29 is 8.78 Å². The van der Waals surface area contributed by atoms with Crippen molar-refractivity contribution in [2.24, 2.45) is 0 Å². The predicted octanol–water partition coefficient (Wildman–Crippen LogP) is 3.89. The average Bonchev–Trinajstić information content (AvgIpc) is 2.93. The minimum atomic E-state index is -0.891. The number of hydrogen-bond acceptors (Lipinski definition) is 2. The normalized spacial score (nSPS) is 11.0. The molecule has 0 fully saturated rings. The van der Waals surface area contributed by atoms with Crippen molar-refractivity contribution >= 4 is 16.7 Å². The number of H-pyrrole nitrogens is 1. The van der Waals surface area contributed by atoms with E-state index in [-0.39, 0.29) is 5.52 Å². The number of imidazole rings is 1. The zero-order valence-corrected chi connectivity index (χ0v) is 11.4. The van der Waals surface area contributed by atoms with Crippen molar-refractivity contribution in [3.8, 4) is 0 Å². The number of aryl methyl sites for hydroxylation is 1. The van der Waals surface area contributed by atoms with Crippen molar-refractivity contribution in [3.63, 3.8) is 0 Å². The van der Waals surface area contributed by atoms with Crippen molar-refractivity contribution in [1.82, 2.24) is 9.97 Å². The monoisotopic (exact) mass is 287 g/mol. The van der Waals surface area contributed by atoms with Gasteiger partial charge in [0.1, 0.15) is 11.3 Å². The fourth-order valence-corrected chi connectivity index (χ4v) is 2.23. The van der Waals surface area contributed by atoms with Crippen LogP contribution in [0.4, 0.5) is 14.5 Å². The molecule has 0 unspecified atom stereocenters. The Hall–Kier alpha value is -2.43. The van der Waals surface area contributed by atoms with E-state index in [2.05, 4.69) is 15.3 Å². The Bertz CT molecular complexity index is 738. The van der Waals surface area contributed by atoms with Crippen molar-refractivity contribution in [2.45, 2.75) is 12.8 Å². The molecule has 0 saturated heterocycles. The summed E-state index contributed by atoms with van der Waals surface area (Å²) in [5.41, 5.74) is 1.66. The molecule has 1 aromatic heterocycles. The van der Waals surface area contributed by atoms with Crippen LogP contribution < -0.4 is 5.32 Å². The summed E-state index contributed by atoms with van der Waals surface area (Å²) in [5.74, 6) is -1.09. The molecule has 3 rings (SSSR count). The molecule has 2 aromatic carbocycles. The van der Waals surface area contributed by atoms with Crippen LogP contribution in [0.2, 0.25) is 0 Å². The van der Waals surface area contributed by atoms with Gasteiger partial charge in [-0.3, -0.25) is 0 Å². The van der Waals surface area contributed by atoms with E-state index in [0.717, 1.165) is 24.7 Å². The molecule has 0 saturated carbocycles. The Kier molecular flexibility index (Phi) is 3.81. The van der Waals surface area contributed by atoms with Gasteiger partial charge in [0.15, 0.2) is 11.6 Å². The Morgan fingerprint density at radius 2 is 1.86 bits per heavy atom. The first-order valence-electron chi connectivity index (χ1n) is 6.85. The smallest absolute Gasteiger partial charge is 0.186 e. The Morgan fingerprint density at radius 3 is 2.67 bits per heavy atom. The van der Waals surface area contributed by atoms with Crippen LogP contribution in [0, 0.1) is 11.6 Å². The zero-order chi connectivity index (χ0) is 14.7. The lowest BCUT2D eigenvalue weighted by molar-refractivity contribution is 0.515. The van der Waals surface area contributed by atoms with E-state index < -0.39 is 11.6 Å². The number of aromatic amines is 1.